The summed E-state index contributed by atoms with van der Waals surface area (Å²) < 4.78 is 0. The zero-order valence-corrected chi connectivity index (χ0v) is 9.50. The van der Waals surface area contributed by atoms with Gasteiger partial charge in [-0.2, -0.15) is 0 Å². The Bertz CT molecular complexity index is 360. The van der Waals surface area contributed by atoms with Gasteiger partial charge in [0.25, 0.3) is 0 Å². The van der Waals surface area contributed by atoms with Crippen LogP contribution in [-0.4, -0.2) is 24.4 Å². The average molecular weight is 224 g/mol. The van der Waals surface area contributed by atoms with Crippen LogP contribution >= 0.6 is 11.6 Å². The van der Waals surface area contributed by atoms with E-state index in [1.165, 1.54) is 5.56 Å². The van der Waals surface area contributed by atoms with Crippen LogP contribution < -0.4 is 0 Å². The van der Waals surface area contributed by atoms with E-state index in [0.29, 0.717) is 12.3 Å². The Kier molecular flexibility index (Phi) is 2.96. The van der Waals surface area contributed by atoms with Crippen LogP contribution in [0.5, 0.6) is 0 Å². The van der Waals surface area contributed by atoms with Crippen molar-refractivity contribution < 1.29 is 4.79 Å². The van der Waals surface area contributed by atoms with Gasteiger partial charge < -0.3 is 4.90 Å². The van der Waals surface area contributed by atoms with Gasteiger partial charge in [0.2, 0.25) is 5.91 Å². The molecule has 0 spiro atoms. The molecule has 1 unspecified atom stereocenters. The first kappa shape index (κ1) is 10.5. The van der Waals surface area contributed by atoms with Crippen LogP contribution in [0.25, 0.3) is 0 Å². The Balaban J connectivity index is 2.12. The highest BCUT2D eigenvalue weighted by molar-refractivity contribution is 6.30. The molecule has 1 amide bonds. The maximum absolute atomic E-state index is 11.5. The third kappa shape index (κ3) is 2.32. The fourth-order valence-corrected chi connectivity index (χ4v) is 2.09. The summed E-state index contributed by atoms with van der Waals surface area (Å²) in [6, 6.07) is 7.82. The number of amides is 1. The zero-order valence-electron chi connectivity index (χ0n) is 8.74. The fraction of sp³-hybridized carbons (Fsp3) is 0.417. The molecule has 0 aromatic heterocycles. The lowest BCUT2D eigenvalue weighted by Gasteiger charge is -2.28. The van der Waals surface area contributed by atoms with Gasteiger partial charge >= 0.3 is 0 Å². The van der Waals surface area contributed by atoms with Crippen molar-refractivity contribution in [2.24, 2.45) is 0 Å². The monoisotopic (exact) mass is 223 g/mol. The number of halogens is 1. The van der Waals surface area contributed by atoms with E-state index in [2.05, 4.69) is 0 Å². The molecular weight excluding hydrogens is 210 g/mol. The summed E-state index contributed by atoms with van der Waals surface area (Å²) in [7, 11) is 1.86. The highest BCUT2D eigenvalue weighted by Gasteiger charge is 2.24. The second-order valence-corrected chi connectivity index (χ2v) is 4.49. The Morgan fingerprint density at radius 3 is 2.60 bits per heavy atom. The molecule has 1 aliphatic rings. The second-order valence-electron chi connectivity index (χ2n) is 4.06. The van der Waals surface area contributed by atoms with Crippen LogP contribution in [0.4, 0.5) is 0 Å². The molecule has 0 N–H and O–H groups in total. The highest BCUT2D eigenvalue weighted by atomic mass is 35.5. The first-order valence-corrected chi connectivity index (χ1v) is 5.54. The molecule has 3 heteroatoms. The molecular formula is C12H14ClNO. The van der Waals surface area contributed by atoms with E-state index in [-0.39, 0.29) is 5.91 Å². The second kappa shape index (κ2) is 4.23. The number of likely N-dealkylation sites (tertiary alicyclic amines) is 1. The number of hydrogen-bond donors (Lipinski definition) is 0. The molecule has 0 aliphatic carbocycles. The predicted octanol–water partition coefficient (Wildman–Crippen LogP) is 2.68. The first-order chi connectivity index (χ1) is 7.16. The molecule has 0 saturated carbocycles. The molecule has 1 atom stereocenters. The van der Waals surface area contributed by atoms with Crippen molar-refractivity contribution in [1.82, 2.24) is 4.90 Å². The molecule has 0 radical (unpaired) electrons. The highest BCUT2D eigenvalue weighted by Crippen LogP contribution is 2.28. The van der Waals surface area contributed by atoms with Crippen molar-refractivity contribution >= 4 is 17.5 Å². The number of piperidine rings is 1. The normalized spacial score (nSPS) is 21.9. The molecule has 2 nitrogen and oxygen atoms in total. The maximum atomic E-state index is 11.5. The lowest BCUT2D eigenvalue weighted by molar-refractivity contribution is -0.132. The van der Waals surface area contributed by atoms with Gasteiger partial charge in [-0.1, -0.05) is 23.7 Å². The van der Waals surface area contributed by atoms with Crippen LogP contribution in [0.3, 0.4) is 0 Å². The Labute approximate surface area is 94.8 Å². The minimum atomic E-state index is 0.237. The number of rotatable bonds is 1. The number of benzene rings is 1. The van der Waals surface area contributed by atoms with Gasteiger partial charge in [0, 0.05) is 25.0 Å². The quantitative estimate of drug-likeness (QED) is 0.717. The summed E-state index contributed by atoms with van der Waals surface area (Å²) in [6.07, 6.45) is 1.67. The molecule has 1 aromatic rings. The van der Waals surface area contributed by atoms with Crippen LogP contribution in [0.1, 0.15) is 24.3 Å². The molecule has 2 rings (SSSR count). The van der Waals surface area contributed by atoms with Crippen molar-refractivity contribution in [3.63, 3.8) is 0 Å². The van der Waals surface area contributed by atoms with E-state index in [0.717, 1.165) is 18.0 Å². The van der Waals surface area contributed by atoms with Crippen molar-refractivity contribution in [3.05, 3.63) is 34.9 Å². The van der Waals surface area contributed by atoms with E-state index in [4.69, 9.17) is 11.6 Å². The van der Waals surface area contributed by atoms with Gasteiger partial charge in [0.05, 0.1) is 0 Å². The van der Waals surface area contributed by atoms with Gasteiger partial charge in [0.15, 0.2) is 0 Å². The van der Waals surface area contributed by atoms with Gasteiger partial charge in [-0.05, 0) is 30.0 Å². The molecule has 1 saturated heterocycles. The van der Waals surface area contributed by atoms with E-state index < -0.39 is 0 Å². The zero-order chi connectivity index (χ0) is 10.8. The summed E-state index contributed by atoms with van der Waals surface area (Å²) in [5, 5.41) is 0.748. The molecule has 1 heterocycles. The van der Waals surface area contributed by atoms with Crippen molar-refractivity contribution in [2.45, 2.75) is 18.8 Å². The number of carbonyl (C=O) groups excluding carboxylic acids is 1. The van der Waals surface area contributed by atoms with Gasteiger partial charge in [-0.3, -0.25) is 4.79 Å². The predicted molar refractivity (Wildman–Crippen MR) is 61.1 cm³/mol. The summed E-state index contributed by atoms with van der Waals surface area (Å²) in [4.78, 5) is 13.3. The summed E-state index contributed by atoms with van der Waals surface area (Å²) in [6.45, 7) is 0.853. The maximum Gasteiger partial charge on any atom is 0.222 e. The summed E-state index contributed by atoms with van der Waals surface area (Å²) in [5.41, 5.74) is 1.22. The average Bonchev–Trinajstić information content (AvgIpc) is 2.23. The topological polar surface area (TPSA) is 20.3 Å². The van der Waals surface area contributed by atoms with Crippen LogP contribution in [0, 0.1) is 0 Å². The van der Waals surface area contributed by atoms with Crippen LogP contribution in [-0.2, 0) is 4.79 Å². The smallest absolute Gasteiger partial charge is 0.222 e. The van der Waals surface area contributed by atoms with E-state index in [1.54, 1.807) is 4.90 Å². The summed E-state index contributed by atoms with van der Waals surface area (Å²) in [5.74, 6) is 0.604. The first-order valence-electron chi connectivity index (χ1n) is 5.16. The molecule has 0 bridgehead atoms. The van der Waals surface area contributed by atoms with Crippen molar-refractivity contribution in [1.29, 1.82) is 0 Å². The molecule has 1 fully saturated rings. The molecule has 80 valence electrons. The van der Waals surface area contributed by atoms with E-state index in [1.807, 2.05) is 31.3 Å². The number of carbonyl (C=O) groups is 1. The lowest BCUT2D eigenvalue weighted by atomic mass is 9.89. The largest absolute Gasteiger partial charge is 0.346 e. The molecule has 1 aromatic carbocycles. The lowest BCUT2D eigenvalue weighted by Crippen LogP contribution is -2.34. The van der Waals surface area contributed by atoms with Crippen molar-refractivity contribution in [2.75, 3.05) is 13.6 Å². The van der Waals surface area contributed by atoms with Crippen LogP contribution in [0.2, 0.25) is 5.02 Å². The Morgan fingerprint density at radius 2 is 2.00 bits per heavy atom. The number of nitrogens with zero attached hydrogens (tertiary/aromatic N) is 1. The minimum Gasteiger partial charge on any atom is -0.346 e. The summed E-state index contributed by atoms with van der Waals surface area (Å²) >= 11 is 5.83. The van der Waals surface area contributed by atoms with E-state index in [9.17, 15) is 4.79 Å². The Hall–Kier alpha value is -1.02. The Morgan fingerprint density at radius 1 is 1.33 bits per heavy atom. The van der Waals surface area contributed by atoms with Gasteiger partial charge in [0.1, 0.15) is 0 Å². The van der Waals surface area contributed by atoms with Gasteiger partial charge in [-0.15, -0.1) is 0 Å². The minimum absolute atomic E-state index is 0.237. The molecule has 1 aliphatic heterocycles. The number of hydrogen-bond acceptors (Lipinski definition) is 1. The standard InChI is InChI=1S/C12H14ClNO/c1-14-7-6-10(8-12(14)15)9-2-4-11(13)5-3-9/h2-5,10H,6-8H2,1H3. The molecule has 15 heavy (non-hydrogen) atoms. The SMILES string of the molecule is CN1CCC(c2ccc(Cl)cc2)CC1=O. The van der Waals surface area contributed by atoms with Crippen molar-refractivity contribution in [3.8, 4) is 0 Å². The fourth-order valence-electron chi connectivity index (χ4n) is 1.96. The van der Waals surface area contributed by atoms with Crippen LogP contribution in [0.15, 0.2) is 24.3 Å². The third-order valence-electron chi connectivity index (χ3n) is 3.00. The third-order valence-corrected chi connectivity index (χ3v) is 3.25. The van der Waals surface area contributed by atoms with Gasteiger partial charge in [-0.25, -0.2) is 0 Å². The van der Waals surface area contributed by atoms with E-state index >= 15 is 0 Å².